The van der Waals surface area contributed by atoms with Crippen molar-refractivity contribution in [2.24, 2.45) is 0 Å². The number of halogens is 1. The molecule has 27 heavy (non-hydrogen) atoms. The van der Waals surface area contributed by atoms with Crippen LogP contribution in [0.5, 0.6) is 5.75 Å². The first-order valence-corrected chi connectivity index (χ1v) is 10.1. The molecule has 0 unspecified atom stereocenters. The smallest absolute Gasteiger partial charge is 0.240 e. The van der Waals surface area contributed by atoms with Crippen LogP contribution in [0.25, 0.3) is 0 Å². The zero-order valence-electron chi connectivity index (χ0n) is 15.5. The lowest BCUT2D eigenvalue weighted by atomic mass is 10.3. The van der Waals surface area contributed by atoms with Gasteiger partial charge in [0.15, 0.2) is 11.6 Å². The molecule has 0 radical (unpaired) electrons. The lowest BCUT2D eigenvalue weighted by Crippen LogP contribution is -2.29. The van der Waals surface area contributed by atoms with Crippen LogP contribution in [-0.2, 0) is 10.0 Å². The van der Waals surface area contributed by atoms with Gasteiger partial charge < -0.3 is 15.4 Å². The van der Waals surface area contributed by atoms with Crippen molar-refractivity contribution in [3.63, 3.8) is 0 Å². The maximum Gasteiger partial charge on any atom is 0.240 e. The Labute approximate surface area is 158 Å². The summed E-state index contributed by atoms with van der Waals surface area (Å²) in [6.45, 7) is 6.90. The molecule has 0 amide bonds. The predicted octanol–water partition coefficient (Wildman–Crippen LogP) is 2.15. The molecule has 0 fully saturated rings. The SMILES string of the molecule is CCNc1cc(NCCNS(=O)(=O)c2ccc(OCC)c(F)c2)nc(C)n1. The molecule has 2 rings (SSSR count). The van der Waals surface area contributed by atoms with Crippen LogP contribution in [0.3, 0.4) is 0 Å². The van der Waals surface area contributed by atoms with Gasteiger partial charge in [-0.3, -0.25) is 0 Å². The molecule has 148 valence electrons. The number of nitrogens with one attached hydrogen (secondary N) is 3. The minimum Gasteiger partial charge on any atom is -0.491 e. The average Bonchev–Trinajstić information content (AvgIpc) is 2.60. The fourth-order valence-electron chi connectivity index (χ4n) is 2.31. The van der Waals surface area contributed by atoms with Crippen LogP contribution in [0.1, 0.15) is 19.7 Å². The molecule has 0 aliphatic heterocycles. The molecular weight excluding hydrogens is 373 g/mol. The van der Waals surface area contributed by atoms with E-state index in [2.05, 4.69) is 25.3 Å². The van der Waals surface area contributed by atoms with Crippen LogP contribution in [-0.4, -0.2) is 44.6 Å². The Morgan fingerprint density at radius 1 is 1.07 bits per heavy atom. The minimum absolute atomic E-state index is 0.0220. The molecule has 0 spiro atoms. The summed E-state index contributed by atoms with van der Waals surface area (Å²) in [6.07, 6.45) is 0. The van der Waals surface area contributed by atoms with Gasteiger partial charge in [-0.2, -0.15) is 0 Å². The Hall–Kier alpha value is -2.46. The van der Waals surface area contributed by atoms with Crippen molar-refractivity contribution in [3.05, 3.63) is 35.9 Å². The first kappa shape index (κ1) is 20.8. The van der Waals surface area contributed by atoms with E-state index in [1.807, 2.05) is 6.92 Å². The number of hydrogen-bond donors (Lipinski definition) is 3. The van der Waals surface area contributed by atoms with Gasteiger partial charge in [0.25, 0.3) is 0 Å². The van der Waals surface area contributed by atoms with Crippen molar-refractivity contribution in [1.82, 2.24) is 14.7 Å². The normalized spacial score (nSPS) is 11.3. The fourth-order valence-corrected chi connectivity index (χ4v) is 3.35. The molecule has 0 bridgehead atoms. The van der Waals surface area contributed by atoms with E-state index in [9.17, 15) is 12.8 Å². The molecule has 0 atom stereocenters. The molecular formula is C17H24FN5O3S. The van der Waals surface area contributed by atoms with Crippen molar-refractivity contribution in [3.8, 4) is 5.75 Å². The van der Waals surface area contributed by atoms with E-state index < -0.39 is 15.8 Å². The third kappa shape index (κ3) is 6.04. The summed E-state index contributed by atoms with van der Waals surface area (Å²) in [5.41, 5.74) is 0. The van der Waals surface area contributed by atoms with Crippen molar-refractivity contribution < 1.29 is 17.5 Å². The number of rotatable bonds is 10. The first-order chi connectivity index (χ1) is 12.9. The molecule has 1 heterocycles. The highest BCUT2D eigenvalue weighted by Crippen LogP contribution is 2.21. The molecule has 0 aliphatic rings. The van der Waals surface area contributed by atoms with Crippen LogP contribution in [0.15, 0.2) is 29.2 Å². The zero-order valence-corrected chi connectivity index (χ0v) is 16.4. The van der Waals surface area contributed by atoms with E-state index in [0.717, 1.165) is 12.6 Å². The Morgan fingerprint density at radius 2 is 1.78 bits per heavy atom. The summed E-state index contributed by atoms with van der Waals surface area (Å²) in [4.78, 5) is 8.33. The topological polar surface area (TPSA) is 105 Å². The van der Waals surface area contributed by atoms with Gasteiger partial charge in [-0.05, 0) is 39.0 Å². The molecule has 0 aliphatic carbocycles. The molecule has 0 saturated heterocycles. The number of aryl methyl sites for hydroxylation is 1. The van der Waals surface area contributed by atoms with E-state index in [1.54, 1.807) is 19.9 Å². The summed E-state index contributed by atoms with van der Waals surface area (Å²) in [5.74, 6) is 1.18. The molecule has 10 heteroatoms. The van der Waals surface area contributed by atoms with Gasteiger partial charge in [-0.15, -0.1) is 0 Å². The predicted molar refractivity (Wildman–Crippen MR) is 102 cm³/mol. The number of anilines is 2. The second kappa shape index (κ2) is 9.47. The largest absolute Gasteiger partial charge is 0.491 e. The third-order valence-corrected chi connectivity index (χ3v) is 4.89. The van der Waals surface area contributed by atoms with Gasteiger partial charge in [0.05, 0.1) is 11.5 Å². The lowest BCUT2D eigenvalue weighted by Gasteiger charge is -2.11. The molecule has 3 N–H and O–H groups in total. The number of benzene rings is 1. The van der Waals surface area contributed by atoms with E-state index in [1.165, 1.54) is 12.1 Å². The molecule has 1 aromatic carbocycles. The van der Waals surface area contributed by atoms with Gasteiger partial charge in [0.2, 0.25) is 10.0 Å². The second-order valence-corrected chi connectivity index (χ2v) is 7.33. The number of sulfonamides is 1. The summed E-state index contributed by atoms with van der Waals surface area (Å²) < 4.78 is 45.9. The number of hydrogen-bond acceptors (Lipinski definition) is 7. The third-order valence-electron chi connectivity index (χ3n) is 3.43. The van der Waals surface area contributed by atoms with Crippen LogP contribution in [0, 0.1) is 12.7 Å². The monoisotopic (exact) mass is 397 g/mol. The van der Waals surface area contributed by atoms with E-state index >= 15 is 0 Å². The van der Waals surface area contributed by atoms with Gasteiger partial charge >= 0.3 is 0 Å². The van der Waals surface area contributed by atoms with Gasteiger partial charge in [0.1, 0.15) is 17.5 Å². The van der Waals surface area contributed by atoms with Crippen molar-refractivity contribution >= 4 is 21.7 Å². The highest BCUT2D eigenvalue weighted by atomic mass is 32.2. The summed E-state index contributed by atoms with van der Waals surface area (Å²) in [7, 11) is -3.82. The number of nitrogens with zero attached hydrogens (tertiary/aromatic N) is 2. The maximum absolute atomic E-state index is 13.9. The second-order valence-electron chi connectivity index (χ2n) is 5.57. The highest BCUT2D eigenvalue weighted by molar-refractivity contribution is 7.89. The van der Waals surface area contributed by atoms with Crippen LogP contribution >= 0.6 is 0 Å². The maximum atomic E-state index is 13.9. The average molecular weight is 397 g/mol. The number of aromatic nitrogens is 2. The van der Waals surface area contributed by atoms with Crippen LogP contribution < -0.4 is 20.1 Å². The van der Waals surface area contributed by atoms with Gasteiger partial charge in [-0.25, -0.2) is 27.5 Å². The zero-order chi connectivity index (χ0) is 19.9. The Kier molecular flexibility index (Phi) is 7.31. The summed E-state index contributed by atoms with van der Waals surface area (Å²) in [6, 6.07) is 5.29. The summed E-state index contributed by atoms with van der Waals surface area (Å²) in [5, 5.41) is 6.13. The molecule has 2 aromatic rings. The van der Waals surface area contributed by atoms with Crippen LogP contribution in [0.2, 0.25) is 0 Å². The first-order valence-electron chi connectivity index (χ1n) is 8.61. The molecule has 8 nitrogen and oxygen atoms in total. The van der Waals surface area contributed by atoms with Crippen molar-refractivity contribution in [2.75, 3.05) is 36.9 Å². The van der Waals surface area contributed by atoms with Gasteiger partial charge in [0, 0.05) is 25.7 Å². The molecule has 1 aromatic heterocycles. The molecule has 0 saturated carbocycles. The van der Waals surface area contributed by atoms with E-state index in [0.29, 0.717) is 30.6 Å². The Morgan fingerprint density at radius 3 is 2.41 bits per heavy atom. The van der Waals surface area contributed by atoms with Crippen LogP contribution in [0.4, 0.5) is 16.0 Å². The Bertz CT molecular complexity index is 877. The van der Waals surface area contributed by atoms with E-state index in [-0.39, 0.29) is 17.2 Å². The highest BCUT2D eigenvalue weighted by Gasteiger charge is 2.16. The van der Waals surface area contributed by atoms with E-state index in [4.69, 9.17) is 4.74 Å². The standard InChI is InChI=1S/C17H24FN5O3S/c1-4-19-16-11-17(23-12(3)22-16)20-8-9-21-27(24,25)13-6-7-15(26-5-2)14(18)10-13/h6-7,10-11,21H,4-5,8-9H2,1-3H3,(H2,19,20,22,23). The van der Waals surface area contributed by atoms with Crippen molar-refractivity contribution in [2.45, 2.75) is 25.7 Å². The fraction of sp³-hybridized carbons (Fsp3) is 0.412. The number of ether oxygens (including phenoxy) is 1. The minimum atomic E-state index is -3.82. The quantitative estimate of drug-likeness (QED) is 0.528. The van der Waals surface area contributed by atoms with Crippen molar-refractivity contribution in [1.29, 1.82) is 0 Å². The summed E-state index contributed by atoms with van der Waals surface area (Å²) >= 11 is 0. The Balaban J connectivity index is 1.93. The lowest BCUT2D eigenvalue weighted by molar-refractivity contribution is 0.321. The van der Waals surface area contributed by atoms with Gasteiger partial charge in [-0.1, -0.05) is 0 Å².